The van der Waals surface area contributed by atoms with Crippen LogP contribution in [0.2, 0.25) is 0 Å². The van der Waals surface area contributed by atoms with Crippen LogP contribution in [0.5, 0.6) is 0 Å². The van der Waals surface area contributed by atoms with E-state index < -0.39 is 5.82 Å². The molecule has 2 amide bonds. The van der Waals surface area contributed by atoms with E-state index in [2.05, 4.69) is 5.32 Å². The van der Waals surface area contributed by atoms with E-state index in [1.807, 2.05) is 0 Å². The highest BCUT2D eigenvalue weighted by atomic mass is 19.1. The molecule has 2 aromatic carbocycles. The van der Waals surface area contributed by atoms with Gasteiger partial charge in [0.2, 0.25) is 5.91 Å². The highest BCUT2D eigenvalue weighted by Gasteiger charge is 2.24. The summed E-state index contributed by atoms with van der Waals surface area (Å²) in [5.74, 6) is -0.864. The minimum atomic E-state index is -0.410. The van der Waals surface area contributed by atoms with Gasteiger partial charge in [-0.1, -0.05) is 0 Å². The van der Waals surface area contributed by atoms with Crippen LogP contribution in [0.25, 0.3) is 0 Å². The molecule has 1 N–H and O–H groups in total. The Kier molecular flexibility index (Phi) is 4.61. The quantitative estimate of drug-likeness (QED) is 0.850. The molecule has 128 valence electrons. The van der Waals surface area contributed by atoms with E-state index in [9.17, 15) is 18.8 Å². The number of hydrogen-bond donors (Lipinski definition) is 1. The predicted molar refractivity (Wildman–Crippen MR) is 91.2 cm³/mol. The second-order valence-corrected chi connectivity index (χ2v) is 5.91. The largest absolute Gasteiger partial charge is 0.352 e. The van der Waals surface area contributed by atoms with Gasteiger partial charge in [-0.15, -0.1) is 0 Å². The molecule has 1 aliphatic heterocycles. The molecule has 25 heavy (non-hydrogen) atoms. The van der Waals surface area contributed by atoms with Gasteiger partial charge in [0.15, 0.2) is 5.78 Å². The summed E-state index contributed by atoms with van der Waals surface area (Å²) in [7, 11) is 1.71. The molecule has 0 aromatic heterocycles. The number of rotatable bonds is 5. The molecule has 2 aromatic rings. The topological polar surface area (TPSA) is 66.5 Å². The lowest BCUT2D eigenvalue weighted by Crippen LogP contribution is -2.26. The predicted octanol–water partition coefficient (Wildman–Crippen LogP) is 2.35. The van der Waals surface area contributed by atoms with Gasteiger partial charge in [0.1, 0.15) is 5.82 Å². The van der Waals surface area contributed by atoms with E-state index in [0.717, 1.165) is 11.3 Å². The first kappa shape index (κ1) is 16.8. The standard InChI is InChI=1S/C19H17FN2O3/c1-22-16-7-4-13(10-14(16)11-18(22)24)17(23)8-9-21-19(25)12-2-5-15(20)6-3-12/h2-7,10H,8-9,11H2,1H3,(H,21,25). The number of Topliss-reactive ketones (excluding diaryl/α,β-unsaturated/α-hetero) is 1. The first-order chi connectivity index (χ1) is 12.0. The van der Waals surface area contributed by atoms with Gasteiger partial charge in [-0.3, -0.25) is 14.4 Å². The van der Waals surface area contributed by atoms with Crippen LogP contribution >= 0.6 is 0 Å². The summed E-state index contributed by atoms with van der Waals surface area (Å²) in [6.07, 6.45) is 0.448. The fraction of sp³-hybridized carbons (Fsp3) is 0.211. The van der Waals surface area contributed by atoms with Crippen LogP contribution in [0.3, 0.4) is 0 Å². The molecule has 0 bridgehead atoms. The number of amides is 2. The van der Waals surface area contributed by atoms with Gasteiger partial charge >= 0.3 is 0 Å². The Hall–Kier alpha value is -3.02. The number of hydrogen-bond acceptors (Lipinski definition) is 3. The third kappa shape index (κ3) is 3.57. The number of nitrogens with one attached hydrogen (secondary N) is 1. The van der Waals surface area contributed by atoms with Crippen molar-refractivity contribution < 1.29 is 18.8 Å². The van der Waals surface area contributed by atoms with Crippen LogP contribution in [0.4, 0.5) is 10.1 Å². The van der Waals surface area contributed by atoms with Crippen LogP contribution < -0.4 is 10.2 Å². The van der Waals surface area contributed by atoms with E-state index in [0.29, 0.717) is 17.5 Å². The zero-order valence-electron chi connectivity index (χ0n) is 13.7. The van der Waals surface area contributed by atoms with Gasteiger partial charge in [0.25, 0.3) is 5.91 Å². The number of benzene rings is 2. The van der Waals surface area contributed by atoms with Crippen molar-refractivity contribution in [1.29, 1.82) is 0 Å². The van der Waals surface area contributed by atoms with Crippen molar-refractivity contribution in [3.05, 3.63) is 65.0 Å². The molecular formula is C19H17FN2O3. The zero-order valence-corrected chi connectivity index (χ0v) is 13.7. The van der Waals surface area contributed by atoms with Crippen molar-refractivity contribution in [1.82, 2.24) is 5.32 Å². The van der Waals surface area contributed by atoms with E-state index in [-0.39, 0.29) is 30.6 Å². The molecule has 0 aliphatic carbocycles. The number of ketones is 1. The number of carbonyl (C=O) groups excluding carboxylic acids is 3. The summed E-state index contributed by atoms with van der Waals surface area (Å²) < 4.78 is 12.8. The minimum absolute atomic E-state index is 0.00570. The molecule has 1 aliphatic rings. The van der Waals surface area contributed by atoms with Crippen molar-refractivity contribution in [3.8, 4) is 0 Å². The van der Waals surface area contributed by atoms with E-state index in [1.54, 1.807) is 30.1 Å². The van der Waals surface area contributed by atoms with Crippen molar-refractivity contribution in [2.24, 2.45) is 0 Å². The molecule has 1 heterocycles. The Bertz CT molecular complexity index is 846. The molecule has 0 saturated heterocycles. The lowest BCUT2D eigenvalue weighted by molar-refractivity contribution is -0.117. The van der Waals surface area contributed by atoms with Gasteiger partial charge in [-0.05, 0) is 48.0 Å². The first-order valence-corrected chi connectivity index (χ1v) is 7.92. The van der Waals surface area contributed by atoms with Crippen molar-refractivity contribution in [2.45, 2.75) is 12.8 Å². The maximum absolute atomic E-state index is 12.8. The highest BCUT2D eigenvalue weighted by molar-refractivity contribution is 6.03. The Morgan fingerprint density at radius 2 is 1.80 bits per heavy atom. The van der Waals surface area contributed by atoms with Crippen LogP contribution in [-0.4, -0.2) is 31.2 Å². The summed E-state index contributed by atoms with van der Waals surface area (Å²) in [6, 6.07) is 10.4. The van der Waals surface area contributed by atoms with Gasteiger partial charge in [-0.25, -0.2) is 4.39 Å². The molecule has 0 radical (unpaired) electrons. The Morgan fingerprint density at radius 3 is 2.52 bits per heavy atom. The minimum Gasteiger partial charge on any atom is -0.352 e. The molecule has 5 nitrogen and oxygen atoms in total. The molecule has 0 unspecified atom stereocenters. The van der Waals surface area contributed by atoms with Gasteiger partial charge in [-0.2, -0.15) is 0 Å². The molecular weight excluding hydrogens is 323 g/mol. The number of likely N-dealkylation sites (N-methyl/N-ethyl adjacent to an activating group) is 1. The van der Waals surface area contributed by atoms with Gasteiger partial charge in [0, 0.05) is 36.8 Å². The fourth-order valence-electron chi connectivity index (χ4n) is 2.78. The van der Waals surface area contributed by atoms with Crippen LogP contribution in [0.15, 0.2) is 42.5 Å². The van der Waals surface area contributed by atoms with E-state index in [1.165, 1.54) is 24.3 Å². The molecule has 0 fully saturated rings. The summed E-state index contributed by atoms with van der Waals surface area (Å²) >= 11 is 0. The van der Waals surface area contributed by atoms with Gasteiger partial charge in [0.05, 0.1) is 6.42 Å². The van der Waals surface area contributed by atoms with E-state index >= 15 is 0 Å². The van der Waals surface area contributed by atoms with Crippen molar-refractivity contribution in [3.63, 3.8) is 0 Å². The van der Waals surface area contributed by atoms with Crippen LogP contribution in [0.1, 0.15) is 32.7 Å². The van der Waals surface area contributed by atoms with Crippen LogP contribution in [0, 0.1) is 5.82 Å². The third-order valence-electron chi connectivity index (χ3n) is 4.22. The smallest absolute Gasteiger partial charge is 0.251 e. The fourth-order valence-corrected chi connectivity index (χ4v) is 2.78. The SMILES string of the molecule is CN1C(=O)Cc2cc(C(=O)CCNC(=O)c3ccc(F)cc3)ccc21. The van der Waals surface area contributed by atoms with E-state index in [4.69, 9.17) is 0 Å². The molecule has 6 heteroatoms. The average molecular weight is 340 g/mol. The maximum atomic E-state index is 12.8. The van der Waals surface area contributed by atoms with Crippen molar-refractivity contribution in [2.75, 3.05) is 18.5 Å². The maximum Gasteiger partial charge on any atom is 0.251 e. The number of nitrogens with zero attached hydrogens (tertiary/aromatic N) is 1. The van der Waals surface area contributed by atoms with Gasteiger partial charge < -0.3 is 10.2 Å². The number of fused-ring (bicyclic) bond motifs is 1. The lowest BCUT2D eigenvalue weighted by atomic mass is 10.0. The summed E-state index contributed by atoms with van der Waals surface area (Å²) in [5.41, 5.74) is 2.53. The molecule has 0 saturated carbocycles. The number of carbonyl (C=O) groups is 3. The normalized spacial score (nSPS) is 12.9. The second-order valence-electron chi connectivity index (χ2n) is 5.91. The highest BCUT2D eigenvalue weighted by Crippen LogP contribution is 2.28. The Morgan fingerprint density at radius 1 is 1.12 bits per heavy atom. The third-order valence-corrected chi connectivity index (χ3v) is 4.22. The molecule has 0 atom stereocenters. The average Bonchev–Trinajstić information content (AvgIpc) is 2.89. The summed E-state index contributed by atoms with van der Waals surface area (Å²) in [5, 5.41) is 2.64. The van der Waals surface area contributed by atoms with Crippen molar-refractivity contribution >= 4 is 23.3 Å². The first-order valence-electron chi connectivity index (χ1n) is 7.92. The monoisotopic (exact) mass is 340 g/mol. The zero-order chi connectivity index (χ0) is 18.0. The summed E-state index contributed by atoms with van der Waals surface area (Å²) in [4.78, 5) is 37.4. The second kappa shape index (κ2) is 6.84. The molecule has 0 spiro atoms. The molecule has 3 rings (SSSR count). The number of halogens is 1. The van der Waals surface area contributed by atoms with Crippen LogP contribution in [-0.2, 0) is 11.2 Å². The summed E-state index contributed by atoms with van der Waals surface area (Å²) in [6.45, 7) is 0.185. The lowest BCUT2D eigenvalue weighted by Gasteiger charge is -2.10. The Labute approximate surface area is 144 Å². The number of anilines is 1. The Balaban J connectivity index is 1.56.